The molecule has 1 unspecified atom stereocenters. The second-order valence-electron chi connectivity index (χ2n) is 17.1. The lowest BCUT2D eigenvalue weighted by Crippen LogP contribution is -2.10. The molecule has 65 heavy (non-hydrogen) atoms. The van der Waals surface area contributed by atoms with Crippen LogP contribution in [0.15, 0.2) is 242 Å². The van der Waals surface area contributed by atoms with Gasteiger partial charge in [0.25, 0.3) is 0 Å². The Balaban J connectivity index is 1.02. The minimum absolute atomic E-state index is 0.587. The highest BCUT2D eigenvalue weighted by atomic mass is 15.1. The van der Waals surface area contributed by atoms with Crippen molar-refractivity contribution in [3.8, 4) is 33.4 Å². The monoisotopic (exact) mass is 840 g/mol. The molecule has 0 saturated heterocycles. The van der Waals surface area contributed by atoms with Gasteiger partial charge in [0.2, 0.25) is 0 Å². The van der Waals surface area contributed by atoms with Crippen molar-refractivity contribution in [3.63, 3.8) is 0 Å². The van der Waals surface area contributed by atoms with Crippen LogP contribution in [0.4, 0.5) is 34.1 Å². The van der Waals surface area contributed by atoms with Gasteiger partial charge in [0.05, 0.1) is 0 Å². The molecule has 1 aliphatic carbocycles. The lowest BCUT2D eigenvalue weighted by molar-refractivity contribution is 0.739. The van der Waals surface area contributed by atoms with Crippen LogP contribution in [0.5, 0.6) is 0 Å². The summed E-state index contributed by atoms with van der Waals surface area (Å²) in [6, 6.07) is 74.9. The fraction of sp³-hybridized carbons (Fsp3) is 0.111. The van der Waals surface area contributed by atoms with Gasteiger partial charge in [-0.05, 0) is 161 Å². The lowest BCUT2D eigenvalue weighted by atomic mass is 9.94. The maximum atomic E-state index is 2.36. The fourth-order valence-electron chi connectivity index (χ4n) is 8.47. The second-order valence-corrected chi connectivity index (χ2v) is 17.1. The first-order valence-corrected chi connectivity index (χ1v) is 23.0. The molecule has 0 bridgehead atoms. The van der Waals surface area contributed by atoms with Crippen LogP contribution in [0, 0.1) is 5.92 Å². The topological polar surface area (TPSA) is 6.48 Å². The molecule has 0 radical (unpaired) electrons. The van der Waals surface area contributed by atoms with E-state index in [1.54, 1.807) is 0 Å². The van der Waals surface area contributed by atoms with Crippen LogP contribution in [0.1, 0.15) is 51.7 Å². The Kier molecular flexibility index (Phi) is 13.0. The van der Waals surface area contributed by atoms with Gasteiger partial charge in [-0.2, -0.15) is 0 Å². The van der Waals surface area contributed by atoms with Crippen LogP contribution < -0.4 is 9.80 Å². The summed E-state index contributed by atoms with van der Waals surface area (Å²) in [6.07, 6.45) is 13.5. The average molecular weight is 841 g/mol. The third-order valence-corrected chi connectivity index (χ3v) is 12.6. The predicted octanol–water partition coefficient (Wildman–Crippen LogP) is 18.4. The van der Waals surface area contributed by atoms with E-state index in [0.29, 0.717) is 5.92 Å². The summed E-state index contributed by atoms with van der Waals surface area (Å²) in [7, 11) is 0. The minimum Gasteiger partial charge on any atom is -0.311 e. The lowest BCUT2D eigenvalue weighted by Gasteiger charge is -2.27. The molecule has 0 saturated carbocycles. The third kappa shape index (κ3) is 9.94. The first-order valence-electron chi connectivity index (χ1n) is 23.0. The van der Waals surface area contributed by atoms with E-state index in [2.05, 4.69) is 274 Å². The maximum absolute atomic E-state index is 2.36. The van der Waals surface area contributed by atoms with Crippen molar-refractivity contribution < 1.29 is 0 Å². The van der Waals surface area contributed by atoms with E-state index < -0.39 is 0 Å². The summed E-state index contributed by atoms with van der Waals surface area (Å²) in [5, 5.41) is 0. The normalized spacial score (nSPS) is 13.9. The van der Waals surface area contributed by atoms with Gasteiger partial charge in [0.15, 0.2) is 0 Å². The Labute approximate surface area is 386 Å². The van der Waals surface area contributed by atoms with E-state index >= 15 is 0 Å². The molecule has 0 amide bonds. The molecule has 0 fully saturated rings. The molecule has 0 aliphatic heterocycles. The molecular formula is C63H56N2. The standard InChI is InChI=1S/C63H56N2/c1-5-46(2)16-19-48(4)49-22-34-58(35-23-49)64(59-36-24-53(25-37-59)50-12-8-6-9-13-50)61-42-30-56(31-43-61)57-32-44-63(45-33-57)65(60-38-26-54(27-39-60)51-14-10-7-11-15-51)62-40-28-55(29-41-62)52-20-17-47(3)18-21-52/h6-17,19-45,47H,5,18H2,1-4H3/b46-16-,48-19+. The van der Waals surface area contributed by atoms with Crippen molar-refractivity contribution in [3.05, 3.63) is 253 Å². The van der Waals surface area contributed by atoms with E-state index in [1.165, 1.54) is 50.1 Å². The fourth-order valence-corrected chi connectivity index (χ4v) is 8.47. The van der Waals surface area contributed by atoms with E-state index in [4.69, 9.17) is 0 Å². The summed E-state index contributed by atoms with van der Waals surface area (Å²) in [5.41, 5.74) is 20.2. The zero-order valence-corrected chi connectivity index (χ0v) is 37.9. The van der Waals surface area contributed by atoms with Gasteiger partial charge < -0.3 is 9.80 Å². The molecule has 0 spiro atoms. The highest BCUT2D eigenvalue weighted by Gasteiger charge is 2.17. The maximum Gasteiger partial charge on any atom is 0.0462 e. The molecule has 0 heterocycles. The van der Waals surface area contributed by atoms with Crippen LogP contribution in [-0.2, 0) is 0 Å². The Morgan fingerprint density at radius 3 is 1.11 bits per heavy atom. The number of anilines is 6. The molecular weight excluding hydrogens is 785 g/mol. The number of benzene rings is 8. The van der Waals surface area contributed by atoms with Gasteiger partial charge >= 0.3 is 0 Å². The van der Waals surface area contributed by atoms with E-state index in [0.717, 1.165) is 58.1 Å². The van der Waals surface area contributed by atoms with Gasteiger partial charge in [-0.15, -0.1) is 0 Å². The van der Waals surface area contributed by atoms with Crippen molar-refractivity contribution in [1.29, 1.82) is 0 Å². The predicted molar refractivity (Wildman–Crippen MR) is 281 cm³/mol. The van der Waals surface area contributed by atoms with E-state index in [9.17, 15) is 0 Å². The molecule has 1 atom stereocenters. The molecule has 318 valence electrons. The van der Waals surface area contributed by atoms with Gasteiger partial charge in [0.1, 0.15) is 0 Å². The number of nitrogens with zero attached hydrogens (tertiary/aromatic N) is 2. The Hall–Kier alpha value is -7.68. The molecule has 8 aromatic rings. The van der Waals surface area contributed by atoms with Crippen molar-refractivity contribution in [2.45, 2.75) is 40.5 Å². The van der Waals surface area contributed by atoms with Crippen molar-refractivity contribution in [1.82, 2.24) is 0 Å². The van der Waals surface area contributed by atoms with Gasteiger partial charge in [-0.3, -0.25) is 0 Å². The number of hydrogen-bond acceptors (Lipinski definition) is 2. The molecule has 2 heteroatoms. The number of allylic oxidation sites excluding steroid dienone is 8. The molecule has 0 N–H and O–H groups in total. The summed E-state index contributed by atoms with van der Waals surface area (Å²) in [4.78, 5) is 4.70. The van der Waals surface area contributed by atoms with Crippen LogP contribution in [0.3, 0.4) is 0 Å². The molecule has 2 nitrogen and oxygen atoms in total. The zero-order chi connectivity index (χ0) is 44.5. The highest BCUT2D eigenvalue weighted by Crippen LogP contribution is 2.40. The third-order valence-electron chi connectivity index (χ3n) is 12.6. The summed E-state index contributed by atoms with van der Waals surface area (Å²) < 4.78 is 0. The first kappa shape index (κ1) is 42.6. The summed E-state index contributed by atoms with van der Waals surface area (Å²) in [6.45, 7) is 8.84. The van der Waals surface area contributed by atoms with Crippen molar-refractivity contribution in [2.24, 2.45) is 5.92 Å². The van der Waals surface area contributed by atoms with Gasteiger partial charge in [0, 0.05) is 34.1 Å². The van der Waals surface area contributed by atoms with Crippen LogP contribution in [0.25, 0.3) is 44.5 Å². The van der Waals surface area contributed by atoms with E-state index in [-0.39, 0.29) is 0 Å². The molecule has 8 aromatic carbocycles. The van der Waals surface area contributed by atoms with Gasteiger partial charge in [-0.25, -0.2) is 0 Å². The van der Waals surface area contributed by atoms with Crippen LogP contribution in [-0.4, -0.2) is 0 Å². The number of hydrogen-bond donors (Lipinski definition) is 0. The van der Waals surface area contributed by atoms with E-state index in [1.807, 2.05) is 0 Å². The Morgan fingerprint density at radius 2 is 0.769 bits per heavy atom. The van der Waals surface area contributed by atoms with Crippen molar-refractivity contribution >= 4 is 45.3 Å². The van der Waals surface area contributed by atoms with Gasteiger partial charge in [-0.1, -0.05) is 183 Å². The first-order chi connectivity index (χ1) is 31.9. The van der Waals surface area contributed by atoms with Crippen molar-refractivity contribution in [2.75, 3.05) is 9.80 Å². The average Bonchev–Trinajstić information content (AvgIpc) is 3.38. The van der Waals surface area contributed by atoms with Crippen LogP contribution in [0.2, 0.25) is 0 Å². The quantitative estimate of drug-likeness (QED) is 0.107. The number of rotatable bonds is 13. The molecule has 0 aromatic heterocycles. The smallest absolute Gasteiger partial charge is 0.0462 e. The molecule has 9 rings (SSSR count). The Morgan fingerprint density at radius 1 is 0.431 bits per heavy atom. The second kappa shape index (κ2) is 19.8. The van der Waals surface area contributed by atoms with Crippen LogP contribution >= 0.6 is 0 Å². The summed E-state index contributed by atoms with van der Waals surface area (Å²) >= 11 is 0. The largest absolute Gasteiger partial charge is 0.311 e. The highest BCUT2D eigenvalue weighted by molar-refractivity contribution is 5.84. The zero-order valence-electron chi connectivity index (χ0n) is 37.9. The summed E-state index contributed by atoms with van der Waals surface area (Å²) in [5.74, 6) is 0.587. The minimum atomic E-state index is 0.587. The Bertz CT molecular complexity index is 2940. The molecule has 1 aliphatic rings. The SMILES string of the molecule is CC/C(C)=C\C=C(/C)c1ccc(N(c2ccc(-c3ccccc3)cc2)c2ccc(-c3ccc(N(c4ccc(C5=CCC(C)C=C5)cc4)c4ccc(-c5ccccc5)cc4)cc3)cc2)cc1.